The quantitative estimate of drug-likeness (QED) is 0.791. The zero-order chi connectivity index (χ0) is 11.6. The van der Waals surface area contributed by atoms with E-state index in [0.29, 0.717) is 17.1 Å². The van der Waals surface area contributed by atoms with Gasteiger partial charge in [-0.15, -0.1) is 0 Å². The summed E-state index contributed by atoms with van der Waals surface area (Å²) in [5.41, 5.74) is 0.919. The normalized spacial score (nSPS) is 11.6. The van der Waals surface area contributed by atoms with Gasteiger partial charge >= 0.3 is 6.39 Å². The van der Waals surface area contributed by atoms with Gasteiger partial charge in [-0.3, -0.25) is 0 Å². The molecule has 5 nitrogen and oxygen atoms in total. The summed E-state index contributed by atoms with van der Waals surface area (Å²) in [5, 5.41) is 3.62. The van der Waals surface area contributed by atoms with Crippen LogP contribution in [0.3, 0.4) is 0 Å². The first-order valence-corrected chi connectivity index (χ1v) is 6.42. The van der Waals surface area contributed by atoms with E-state index in [2.05, 4.69) is 21.1 Å². The van der Waals surface area contributed by atoms with E-state index in [9.17, 15) is 8.42 Å². The van der Waals surface area contributed by atoms with Crippen molar-refractivity contribution in [2.45, 2.75) is 11.3 Å². The summed E-state index contributed by atoms with van der Waals surface area (Å²) < 4.78 is 26.9. The van der Waals surface area contributed by atoms with Gasteiger partial charge in [0, 0.05) is 12.7 Å². The van der Waals surface area contributed by atoms with Gasteiger partial charge < -0.3 is 4.52 Å². The van der Waals surface area contributed by atoms with Crippen LogP contribution in [0.25, 0.3) is 0 Å². The van der Waals surface area contributed by atoms with Crippen LogP contribution in [0.2, 0.25) is 0 Å². The molecule has 0 saturated carbocycles. The molecule has 1 heterocycles. The van der Waals surface area contributed by atoms with Crippen LogP contribution in [-0.4, -0.2) is 24.8 Å². The highest BCUT2D eigenvalue weighted by Gasteiger charge is 2.07. The number of rotatable bonds is 3. The van der Waals surface area contributed by atoms with Crippen molar-refractivity contribution in [1.82, 2.24) is 10.1 Å². The Labute approximate surface area is 93.0 Å². The maximum atomic E-state index is 11.2. The standard InChI is InChI=1S/C10H9N2O3S/c1-16(13,14)9-4-2-8(3-5-9)6-10-11-7-15-12-10/h2-5H,6H2,1H3. The van der Waals surface area contributed by atoms with Crippen molar-refractivity contribution in [3.63, 3.8) is 0 Å². The van der Waals surface area contributed by atoms with Gasteiger partial charge in [0.15, 0.2) is 15.7 Å². The molecule has 83 valence electrons. The van der Waals surface area contributed by atoms with Gasteiger partial charge in [-0.05, 0) is 17.7 Å². The second-order valence-corrected chi connectivity index (χ2v) is 5.41. The molecule has 1 aromatic heterocycles. The van der Waals surface area contributed by atoms with Crippen LogP contribution in [0.1, 0.15) is 11.4 Å². The molecule has 6 heteroatoms. The molecular weight excluding hydrogens is 228 g/mol. The van der Waals surface area contributed by atoms with Crippen molar-refractivity contribution in [2.24, 2.45) is 0 Å². The van der Waals surface area contributed by atoms with Crippen LogP contribution < -0.4 is 0 Å². The molecule has 0 aliphatic heterocycles. The van der Waals surface area contributed by atoms with E-state index in [1.54, 1.807) is 24.3 Å². The van der Waals surface area contributed by atoms with Gasteiger partial charge in [0.1, 0.15) is 0 Å². The molecule has 16 heavy (non-hydrogen) atoms. The van der Waals surface area contributed by atoms with E-state index in [-0.39, 0.29) is 0 Å². The molecule has 0 spiro atoms. The second kappa shape index (κ2) is 4.05. The fourth-order valence-electron chi connectivity index (χ4n) is 1.28. The van der Waals surface area contributed by atoms with Crippen LogP contribution in [0.5, 0.6) is 0 Å². The molecule has 0 fully saturated rings. The van der Waals surface area contributed by atoms with Crippen molar-refractivity contribution in [2.75, 3.05) is 6.26 Å². The molecule has 0 aliphatic carbocycles. The molecule has 0 N–H and O–H groups in total. The van der Waals surface area contributed by atoms with E-state index in [1.165, 1.54) is 6.26 Å². The molecular formula is C10H9N2O3S. The van der Waals surface area contributed by atoms with Crippen LogP contribution in [-0.2, 0) is 16.3 Å². The van der Waals surface area contributed by atoms with Crippen molar-refractivity contribution < 1.29 is 12.9 Å². The predicted octanol–water partition coefficient (Wildman–Crippen LogP) is 0.864. The predicted molar refractivity (Wildman–Crippen MR) is 55.5 cm³/mol. The Hall–Kier alpha value is -1.69. The lowest BCUT2D eigenvalue weighted by molar-refractivity contribution is 0.404. The number of hydrogen-bond donors (Lipinski definition) is 0. The number of benzene rings is 1. The molecule has 2 aromatic rings. The van der Waals surface area contributed by atoms with E-state index < -0.39 is 9.84 Å². The number of sulfone groups is 1. The van der Waals surface area contributed by atoms with E-state index >= 15 is 0 Å². The van der Waals surface area contributed by atoms with Crippen LogP contribution in [0.4, 0.5) is 0 Å². The summed E-state index contributed by atoms with van der Waals surface area (Å²) in [7, 11) is -3.14. The molecule has 1 aromatic carbocycles. The minimum atomic E-state index is -3.14. The first-order chi connectivity index (χ1) is 7.55. The Morgan fingerprint density at radius 3 is 2.50 bits per heavy atom. The molecule has 1 radical (unpaired) electrons. The molecule has 2 rings (SSSR count). The fourth-order valence-corrected chi connectivity index (χ4v) is 1.91. The summed E-state index contributed by atoms with van der Waals surface area (Å²) in [6, 6.07) is 6.59. The van der Waals surface area contributed by atoms with Crippen molar-refractivity contribution in [1.29, 1.82) is 0 Å². The topological polar surface area (TPSA) is 73.1 Å². The van der Waals surface area contributed by atoms with Crippen LogP contribution in [0.15, 0.2) is 33.7 Å². The lowest BCUT2D eigenvalue weighted by Crippen LogP contribution is -1.97. The highest BCUT2D eigenvalue weighted by Crippen LogP contribution is 2.12. The third-order valence-electron chi connectivity index (χ3n) is 2.08. The monoisotopic (exact) mass is 237 g/mol. The largest absolute Gasteiger partial charge is 0.329 e. The molecule has 0 amide bonds. The minimum absolute atomic E-state index is 0.302. The third kappa shape index (κ3) is 2.46. The van der Waals surface area contributed by atoms with E-state index in [1.807, 2.05) is 0 Å². The Kier molecular flexibility index (Phi) is 2.74. The average molecular weight is 237 g/mol. The first-order valence-electron chi connectivity index (χ1n) is 4.53. The van der Waals surface area contributed by atoms with Crippen LogP contribution >= 0.6 is 0 Å². The molecule has 0 aliphatic rings. The Balaban J connectivity index is 2.20. The summed E-state index contributed by atoms with van der Waals surface area (Å²) in [6.07, 6.45) is 3.93. The van der Waals surface area contributed by atoms with Gasteiger partial charge in [0.2, 0.25) is 0 Å². The minimum Gasteiger partial charge on any atom is -0.329 e. The molecule has 0 unspecified atom stereocenters. The maximum Gasteiger partial charge on any atom is 0.316 e. The third-order valence-corrected chi connectivity index (χ3v) is 3.21. The van der Waals surface area contributed by atoms with E-state index in [0.717, 1.165) is 5.56 Å². The van der Waals surface area contributed by atoms with Gasteiger partial charge in [-0.25, -0.2) is 8.42 Å². The number of hydrogen-bond acceptors (Lipinski definition) is 5. The lowest BCUT2D eigenvalue weighted by atomic mass is 10.1. The molecule has 0 bridgehead atoms. The van der Waals surface area contributed by atoms with Crippen molar-refractivity contribution >= 4 is 9.84 Å². The average Bonchev–Trinajstić information content (AvgIpc) is 2.70. The zero-order valence-electron chi connectivity index (χ0n) is 8.54. The van der Waals surface area contributed by atoms with Crippen molar-refractivity contribution in [3.8, 4) is 0 Å². The Bertz CT molecular complexity index is 559. The summed E-state index contributed by atoms with van der Waals surface area (Å²) >= 11 is 0. The first kappa shape index (κ1) is 10.8. The van der Waals surface area contributed by atoms with Crippen LogP contribution in [0, 0.1) is 6.39 Å². The van der Waals surface area contributed by atoms with Gasteiger partial charge in [-0.2, -0.15) is 4.98 Å². The maximum absolute atomic E-state index is 11.2. The highest BCUT2D eigenvalue weighted by atomic mass is 32.2. The van der Waals surface area contributed by atoms with Crippen molar-refractivity contribution in [3.05, 3.63) is 42.0 Å². The highest BCUT2D eigenvalue weighted by molar-refractivity contribution is 7.90. The van der Waals surface area contributed by atoms with Gasteiger partial charge in [0.05, 0.1) is 4.90 Å². The lowest BCUT2D eigenvalue weighted by Gasteiger charge is -2.00. The summed E-state index contributed by atoms with van der Waals surface area (Å²) in [4.78, 5) is 4.06. The second-order valence-electron chi connectivity index (χ2n) is 3.39. The molecule has 0 saturated heterocycles. The van der Waals surface area contributed by atoms with Gasteiger partial charge in [-0.1, -0.05) is 17.3 Å². The smallest absolute Gasteiger partial charge is 0.316 e. The summed E-state index contributed by atoms with van der Waals surface area (Å²) in [6.45, 7) is 0. The number of nitrogens with zero attached hydrogens (tertiary/aromatic N) is 2. The van der Waals surface area contributed by atoms with E-state index in [4.69, 9.17) is 0 Å². The Morgan fingerprint density at radius 1 is 1.31 bits per heavy atom. The zero-order valence-corrected chi connectivity index (χ0v) is 9.36. The Morgan fingerprint density at radius 2 is 2.00 bits per heavy atom. The van der Waals surface area contributed by atoms with Gasteiger partial charge in [0.25, 0.3) is 0 Å². The SMILES string of the molecule is CS(=O)(=O)c1ccc(Cc2n[c]on2)cc1. The molecule has 0 atom stereocenters. The fraction of sp³-hybridized carbons (Fsp3) is 0.200. The number of aromatic nitrogens is 2. The summed E-state index contributed by atoms with van der Waals surface area (Å²) in [5.74, 6) is 0.520.